The van der Waals surface area contributed by atoms with Crippen molar-refractivity contribution in [2.45, 2.75) is 6.92 Å². The van der Waals surface area contributed by atoms with Gasteiger partial charge in [0.1, 0.15) is 0 Å². The first kappa shape index (κ1) is 14.8. The number of hydrogen-bond acceptors (Lipinski definition) is 2. The molecule has 0 unspecified atom stereocenters. The minimum absolute atomic E-state index is 0.345. The Hall–Kier alpha value is -3.08. The highest BCUT2D eigenvalue weighted by Gasteiger charge is 2.14. The van der Waals surface area contributed by atoms with Crippen molar-refractivity contribution in [2.24, 2.45) is 7.05 Å². The standard InChI is InChI=1S/C18H17N3O2/c1-12-7-9-13(10-8-12)17(22)19-20-18(23)15-11-21(2)16-6-4-3-5-14(15)16/h3-11H,1-2H3,(H,19,22)(H,20,23). The normalized spacial score (nSPS) is 10.5. The predicted octanol–water partition coefficient (Wildman–Crippen LogP) is 2.56. The van der Waals surface area contributed by atoms with Gasteiger partial charge in [-0.1, -0.05) is 35.9 Å². The zero-order chi connectivity index (χ0) is 16.4. The highest BCUT2D eigenvalue weighted by atomic mass is 16.2. The van der Waals surface area contributed by atoms with E-state index in [0.717, 1.165) is 16.5 Å². The zero-order valence-corrected chi connectivity index (χ0v) is 13.0. The molecule has 0 aliphatic carbocycles. The summed E-state index contributed by atoms with van der Waals surface area (Å²) in [4.78, 5) is 24.4. The molecule has 0 atom stereocenters. The Labute approximate surface area is 133 Å². The lowest BCUT2D eigenvalue weighted by atomic mass is 10.1. The number of carbonyl (C=O) groups excluding carboxylic acids is 2. The number of nitrogens with zero attached hydrogens (tertiary/aromatic N) is 1. The molecular formula is C18H17N3O2. The van der Waals surface area contributed by atoms with Gasteiger partial charge in [0, 0.05) is 29.7 Å². The summed E-state index contributed by atoms with van der Waals surface area (Å²) in [6.07, 6.45) is 1.75. The predicted molar refractivity (Wildman–Crippen MR) is 89.0 cm³/mol. The molecule has 5 nitrogen and oxygen atoms in total. The summed E-state index contributed by atoms with van der Waals surface area (Å²) in [7, 11) is 1.88. The van der Waals surface area contributed by atoms with Gasteiger partial charge >= 0.3 is 0 Å². The molecule has 23 heavy (non-hydrogen) atoms. The van der Waals surface area contributed by atoms with Crippen molar-refractivity contribution in [1.29, 1.82) is 0 Å². The van der Waals surface area contributed by atoms with Gasteiger partial charge in [-0.2, -0.15) is 0 Å². The molecular weight excluding hydrogens is 290 g/mol. The fraction of sp³-hybridized carbons (Fsp3) is 0.111. The van der Waals surface area contributed by atoms with Crippen LogP contribution in [-0.4, -0.2) is 16.4 Å². The van der Waals surface area contributed by atoms with Gasteiger partial charge in [0.25, 0.3) is 11.8 Å². The Morgan fingerprint density at radius 2 is 1.57 bits per heavy atom. The second-order valence-electron chi connectivity index (χ2n) is 5.45. The van der Waals surface area contributed by atoms with E-state index in [1.54, 1.807) is 18.3 Å². The van der Waals surface area contributed by atoms with Crippen LogP contribution < -0.4 is 10.9 Å². The Bertz CT molecular complexity index is 879. The SMILES string of the molecule is Cc1ccc(C(=O)NNC(=O)c2cn(C)c3ccccc23)cc1. The highest BCUT2D eigenvalue weighted by Crippen LogP contribution is 2.19. The molecule has 0 spiro atoms. The minimum atomic E-state index is -0.349. The van der Waals surface area contributed by atoms with Gasteiger partial charge in [-0.15, -0.1) is 0 Å². The van der Waals surface area contributed by atoms with Crippen LogP contribution in [0.25, 0.3) is 10.9 Å². The van der Waals surface area contributed by atoms with E-state index < -0.39 is 0 Å². The number of para-hydroxylation sites is 1. The second-order valence-corrected chi connectivity index (χ2v) is 5.45. The Morgan fingerprint density at radius 3 is 2.30 bits per heavy atom. The lowest BCUT2D eigenvalue weighted by Crippen LogP contribution is -2.41. The van der Waals surface area contributed by atoms with Crippen molar-refractivity contribution in [3.8, 4) is 0 Å². The number of hydrogen-bond donors (Lipinski definition) is 2. The molecule has 2 amide bonds. The number of rotatable bonds is 2. The van der Waals surface area contributed by atoms with Gasteiger partial charge in [0.05, 0.1) is 5.56 Å². The molecule has 0 saturated heterocycles. The average molecular weight is 307 g/mol. The molecule has 1 heterocycles. The lowest BCUT2D eigenvalue weighted by molar-refractivity contribution is 0.0847. The average Bonchev–Trinajstić information content (AvgIpc) is 2.90. The first-order valence-electron chi connectivity index (χ1n) is 7.27. The lowest BCUT2D eigenvalue weighted by Gasteiger charge is -2.07. The largest absolute Gasteiger partial charge is 0.350 e. The van der Waals surface area contributed by atoms with Crippen LogP contribution in [0, 0.1) is 6.92 Å². The summed E-state index contributed by atoms with van der Waals surface area (Å²) < 4.78 is 1.88. The first-order valence-corrected chi connectivity index (χ1v) is 7.27. The Balaban J connectivity index is 1.74. The van der Waals surface area contributed by atoms with E-state index in [-0.39, 0.29) is 11.8 Å². The summed E-state index contributed by atoms with van der Waals surface area (Å²) in [5.74, 6) is -0.694. The van der Waals surface area contributed by atoms with Crippen LogP contribution in [0.5, 0.6) is 0 Å². The zero-order valence-electron chi connectivity index (χ0n) is 13.0. The molecule has 0 aliphatic rings. The molecule has 0 fully saturated rings. The van der Waals surface area contributed by atoms with Crippen molar-refractivity contribution >= 4 is 22.7 Å². The van der Waals surface area contributed by atoms with Crippen LogP contribution in [0.15, 0.2) is 54.7 Å². The van der Waals surface area contributed by atoms with Crippen LogP contribution in [-0.2, 0) is 7.05 Å². The van der Waals surface area contributed by atoms with Gasteiger partial charge in [-0.25, -0.2) is 0 Å². The highest BCUT2D eigenvalue weighted by molar-refractivity contribution is 6.07. The molecule has 0 bridgehead atoms. The number of hydrazine groups is 1. The summed E-state index contributed by atoms with van der Waals surface area (Å²) in [6.45, 7) is 1.95. The van der Waals surface area contributed by atoms with Gasteiger partial charge < -0.3 is 4.57 Å². The topological polar surface area (TPSA) is 63.1 Å². The molecule has 1 aromatic heterocycles. The van der Waals surface area contributed by atoms with Crippen molar-refractivity contribution in [2.75, 3.05) is 0 Å². The third kappa shape index (κ3) is 2.94. The molecule has 0 saturated carbocycles. The van der Waals surface area contributed by atoms with E-state index in [1.165, 1.54) is 0 Å². The van der Waals surface area contributed by atoms with Crippen molar-refractivity contribution in [3.05, 3.63) is 71.4 Å². The first-order chi connectivity index (χ1) is 11.1. The number of benzene rings is 2. The van der Waals surface area contributed by atoms with E-state index >= 15 is 0 Å². The van der Waals surface area contributed by atoms with E-state index in [1.807, 2.05) is 54.9 Å². The second kappa shape index (κ2) is 5.96. The van der Waals surface area contributed by atoms with E-state index in [2.05, 4.69) is 10.9 Å². The number of amides is 2. The third-order valence-corrected chi connectivity index (χ3v) is 3.74. The molecule has 3 rings (SSSR count). The van der Waals surface area contributed by atoms with Crippen LogP contribution >= 0.6 is 0 Å². The Morgan fingerprint density at radius 1 is 0.913 bits per heavy atom. The molecule has 116 valence electrons. The Kier molecular flexibility index (Phi) is 3.85. The molecule has 2 N–H and O–H groups in total. The summed E-state index contributed by atoms with van der Waals surface area (Å²) >= 11 is 0. The summed E-state index contributed by atoms with van der Waals surface area (Å²) in [5.41, 5.74) is 7.95. The molecule has 0 radical (unpaired) electrons. The fourth-order valence-corrected chi connectivity index (χ4v) is 2.48. The summed E-state index contributed by atoms with van der Waals surface area (Å²) in [6, 6.07) is 14.8. The van der Waals surface area contributed by atoms with Gasteiger partial charge in [-0.3, -0.25) is 20.4 Å². The van der Waals surface area contributed by atoms with E-state index in [9.17, 15) is 9.59 Å². The number of aryl methyl sites for hydroxylation is 2. The molecule has 2 aromatic carbocycles. The van der Waals surface area contributed by atoms with Gasteiger partial charge in [0.15, 0.2) is 0 Å². The maximum Gasteiger partial charge on any atom is 0.271 e. The van der Waals surface area contributed by atoms with E-state index in [0.29, 0.717) is 11.1 Å². The number of nitrogens with one attached hydrogen (secondary N) is 2. The van der Waals surface area contributed by atoms with E-state index in [4.69, 9.17) is 0 Å². The number of fused-ring (bicyclic) bond motifs is 1. The van der Waals surface area contributed by atoms with Crippen LogP contribution in [0.4, 0.5) is 0 Å². The van der Waals surface area contributed by atoms with Crippen molar-refractivity contribution < 1.29 is 9.59 Å². The van der Waals surface area contributed by atoms with Crippen molar-refractivity contribution in [3.63, 3.8) is 0 Å². The maximum absolute atomic E-state index is 12.3. The number of aromatic nitrogens is 1. The van der Waals surface area contributed by atoms with Crippen LogP contribution in [0.1, 0.15) is 26.3 Å². The number of carbonyl (C=O) groups is 2. The molecule has 5 heteroatoms. The van der Waals surface area contributed by atoms with Gasteiger partial charge in [-0.05, 0) is 25.1 Å². The fourth-order valence-electron chi connectivity index (χ4n) is 2.48. The molecule has 0 aliphatic heterocycles. The van der Waals surface area contributed by atoms with Crippen LogP contribution in [0.2, 0.25) is 0 Å². The monoisotopic (exact) mass is 307 g/mol. The van der Waals surface area contributed by atoms with Crippen molar-refractivity contribution in [1.82, 2.24) is 15.4 Å². The van der Waals surface area contributed by atoms with Gasteiger partial charge in [0.2, 0.25) is 0 Å². The minimum Gasteiger partial charge on any atom is -0.350 e. The smallest absolute Gasteiger partial charge is 0.271 e. The quantitative estimate of drug-likeness (QED) is 0.715. The maximum atomic E-state index is 12.3. The third-order valence-electron chi connectivity index (χ3n) is 3.74. The van der Waals surface area contributed by atoms with Crippen LogP contribution in [0.3, 0.4) is 0 Å². The summed E-state index contributed by atoms with van der Waals surface area (Å²) in [5, 5.41) is 0.845. The molecule has 3 aromatic rings.